The number of allylic oxidation sites excluding steroid dienone is 3. The number of anilines is 2. The van der Waals surface area contributed by atoms with Gasteiger partial charge in [-0.15, -0.1) is 0 Å². The van der Waals surface area contributed by atoms with E-state index in [1.54, 1.807) is 0 Å². The first-order chi connectivity index (χ1) is 18.5. The second-order valence-corrected chi connectivity index (χ2v) is 9.81. The summed E-state index contributed by atoms with van der Waals surface area (Å²) in [6.45, 7) is 0. The summed E-state index contributed by atoms with van der Waals surface area (Å²) in [7, 11) is 4.10. The van der Waals surface area contributed by atoms with E-state index in [-0.39, 0.29) is 11.5 Å². The van der Waals surface area contributed by atoms with Gasteiger partial charge in [0.15, 0.2) is 0 Å². The Morgan fingerprint density at radius 2 is 1.18 bits per heavy atom. The van der Waals surface area contributed by atoms with Crippen molar-refractivity contribution < 1.29 is 14.5 Å². The van der Waals surface area contributed by atoms with E-state index in [1.165, 1.54) is 0 Å². The fourth-order valence-corrected chi connectivity index (χ4v) is 5.84. The number of ketones is 1. The summed E-state index contributed by atoms with van der Waals surface area (Å²) >= 11 is 0. The summed E-state index contributed by atoms with van der Waals surface area (Å²) in [5, 5.41) is 13.3. The van der Waals surface area contributed by atoms with E-state index >= 15 is 0 Å². The number of para-hydroxylation sites is 4. The standard InChI is InChI=1S/C34H24N2O2/c1-35-29-15-7-3-11-21(29)25(22-12-4-8-16-30(22)35)19-27-33(37)28(34(27)38)20-26-23-13-5-9-17-31(23)36(2)32-18-10-6-14-24(26)32/h3-20H,1-2H3/p+1. The molecule has 0 amide bonds. The molecule has 4 nitrogen and oxygen atoms in total. The van der Waals surface area contributed by atoms with Gasteiger partial charge in [0, 0.05) is 47.2 Å². The number of benzene rings is 4. The molecule has 4 heteroatoms. The largest absolute Gasteiger partial charge is 0.506 e. The van der Waals surface area contributed by atoms with Gasteiger partial charge in [0.2, 0.25) is 16.8 Å². The van der Waals surface area contributed by atoms with Crippen LogP contribution in [0.1, 0.15) is 16.7 Å². The Morgan fingerprint density at radius 3 is 1.74 bits per heavy atom. The van der Waals surface area contributed by atoms with Gasteiger partial charge < -0.3 is 10.0 Å². The van der Waals surface area contributed by atoms with Crippen LogP contribution in [0.15, 0.2) is 120 Å². The number of nitrogens with zero attached hydrogens (tertiary/aromatic N) is 2. The van der Waals surface area contributed by atoms with E-state index < -0.39 is 0 Å². The zero-order valence-corrected chi connectivity index (χ0v) is 21.1. The lowest BCUT2D eigenvalue weighted by Crippen LogP contribution is -2.30. The lowest BCUT2D eigenvalue weighted by Gasteiger charge is -2.32. The van der Waals surface area contributed by atoms with Crippen LogP contribution in [0.2, 0.25) is 0 Å². The SMILES string of the molecule is CN1c2ccccc2C(=CC2=C(O)/C(=C/c3c4ccccc4[n+](C)c4ccccc34)C2=O)c2ccccc21. The summed E-state index contributed by atoms with van der Waals surface area (Å²) < 4.78 is 2.16. The van der Waals surface area contributed by atoms with Gasteiger partial charge in [-0.1, -0.05) is 60.7 Å². The van der Waals surface area contributed by atoms with Crippen LogP contribution >= 0.6 is 0 Å². The highest BCUT2D eigenvalue weighted by Crippen LogP contribution is 2.45. The number of aliphatic hydroxyl groups is 1. The first-order valence-electron chi connectivity index (χ1n) is 12.7. The Labute approximate surface area is 220 Å². The van der Waals surface area contributed by atoms with Gasteiger partial charge >= 0.3 is 0 Å². The number of aryl methyl sites for hydroxylation is 1. The van der Waals surface area contributed by atoms with E-state index in [4.69, 9.17) is 0 Å². The van der Waals surface area contributed by atoms with Crippen molar-refractivity contribution in [3.05, 3.63) is 137 Å². The minimum atomic E-state index is -0.148. The third kappa shape index (κ3) is 3.10. The molecule has 0 spiro atoms. The molecule has 7 rings (SSSR count). The number of fused-ring (bicyclic) bond motifs is 4. The number of carbonyl (C=O) groups is 1. The zero-order chi connectivity index (χ0) is 26.0. The lowest BCUT2D eigenvalue weighted by atomic mass is 9.82. The van der Waals surface area contributed by atoms with E-state index in [0.717, 1.165) is 55.4 Å². The molecule has 0 atom stereocenters. The van der Waals surface area contributed by atoms with Crippen molar-refractivity contribution in [3.63, 3.8) is 0 Å². The van der Waals surface area contributed by atoms with Gasteiger partial charge in [0.05, 0.1) is 21.9 Å². The minimum absolute atomic E-state index is 0.0396. The van der Waals surface area contributed by atoms with Crippen LogP contribution in [-0.4, -0.2) is 17.9 Å². The lowest BCUT2D eigenvalue weighted by molar-refractivity contribution is -0.617. The van der Waals surface area contributed by atoms with Gasteiger partial charge in [-0.3, -0.25) is 4.79 Å². The number of pyridine rings is 1. The van der Waals surface area contributed by atoms with Crippen molar-refractivity contribution in [1.82, 2.24) is 0 Å². The first kappa shape index (κ1) is 22.3. The molecule has 1 aliphatic heterocycles. The average molecular weight is 494 g/mol. The Balaban J connectivity index is 1.42. The second-order valence-electron chi connectivity index (χ2n) is 9.81. The van der Waals surface area contributed by atoms with E-state index in [9.17, 15) is 9.90 Å². The number of aliphatic hydroxyl groups excluding tert-OH is 1. The molecule has 5 aromatic rings. The fourth-order valence-electron chi connectivity index (χ4n) is 5.84. The number of aromatic nitrogens is 1. The molecule has 0 fully saturated rings. The second kappa shape index (κ2) is 8.29. The third-order valence-electron chi connectivity index (χ3n) is 7.80. The van der Waals surface area contributed by atoms with E-state index in [1.807, 2.05) is 60.7 Å². The van der Waals surface area contributed by atoms with Crippen molar-refractivity contribution >= 4 is 50.6 Å². The Morgan fingerprint density at radius 1 is 0.684 bits per heavy atom. The highest BCUT2D eigenvalue weighted by atomic mass is 16.3. The predicted molar refractivity (Wildman–Crippen MR) is 153 cm³/mol. The quantitative estimate of drug-likeness (QED) is 0.167. The topological polar surface area (TPSA) is 44.4 Å². The smallest absolute Gasteiger partial charge is 0.213 e. The molecular formula is C34H25N2O2+. The maximum Gasteiger partial charge on any atom is 0.213 e. The number of hydrogen-bond donors (Lipinski definition) is 1. The molecule has 4 aromatic carbocycles. The summed E-state index contributed by atoms with van der Waals surface area (Å²) in [4.78, 5) is 15.7. The van der Waals surface area contributed by atoms with Crippen LogP contribution in [0.3, 0.4) is 0 Å². The molecular weight excluding hydrogens is 468 g/mol. The number of hydrogen-bond acceptors (Lipinski definition) is 3. The van der Waals surface area contributed by atoms with Gasteiger partial charge in [-0.2, -0.15) is 4.57 Å². The third-order valence-corrected chi connectivity index (χ3v) is 7.80. The van der Waals surface area contributed by atoms with Crippen LogP contribution in [0.5, 0.6) is 0 Å². The van der Waals surface area contributed by atoms with Gasteiger partial charge in [-0.05, 0) is 42.0 Å². The predicted octanol–water partition coefficient (Wildman–Crippen LogP) is 6.81. The van der Waals surface area contributed by atoms with E-state index in [0.29, 0.717) is 11.1 Å². The number of rotatable bonds is 2. The van der Waals surface area contributed by atoms with E-state index in [2.05, 4.69) is 72.1 Å². The number of Topliss-reactive ketones (excluding diaryl/α,β-unsaturated/α-hetero) is 1. The Hall–Kier alpha value is -4.96. The highest BCUT2D eigenvalue weighted by molar-refractivity contribution is 6.25. The van der Waals surface area contributed by atoms with Crippen LogP contribution in [0.4, 0.5) is 11.4 Å². The summed E-state index contributed by atoms with van der Waals surface area (Å²) in [5.41, 5.74) is 8.89. The first-order valence-corrected chi connectivity index (χ1v) is 12.7. The molecule has 182 valence electrons. The molecule has 0 saturated heterocycles. The molecule has 38 heavy (non-hydrogen) atoms. The molecule has 0 radical (unpaired) electrons. The van der Waals surface area contributed by atoms with Crippen molar-refractivity contribution in [2.75, 3.05) is 11.9 Å². The molecule has 1 aliphatic carbocycles. The Bertz CT molecular complexity index is 1820. The van der Waals surface area contributed by atoms with Gasteiger partial charge in [-0.25, -0.2) is 0 Å². The molecule has 2 aliphatic rings. The van der Waals surface area contributed by atoms with Gasteiger partial charge in [0.1, 0.15) is 12.8 Å². The van der Waals surface area contributed by atoms with Crippen LogP contribution in [-0.2, 0) is 11.8 Å². The summed E-state index contributed by atoms with van der Waals surface area (Å²) in [6, 6.07) is 32.6. The maximum atomic E-state index is 13.5. The van der Waals surface area contributed by atoms with Crippen molar-refractivity contribution in [2.45, 2.75) is 0 Å². The van der Waals surface area contributed by atoms with Crippen LogP contribution in [0, 0.1) is 0 Å². The monoisotopic (exact) mass is 493 g/mol. The van der Waals surface area contributed by atoms with Crippen molar-refractivity contribution in [3.8, 4) is 0 Å². The molecule has 0 saturated carbocycles. The molecule has 2 heterocycles. The van der Waals surface area contributed by atoms with Crippen LogP contribution in [0.25, 0.3) is 33.5 Å². The summed E-state index contributed by atoms with van der Waals surface area (Å²) in [5.74, 6) is -0.108. The van der Waals surface area contributed by atoms with Crippen molar-refractivity contribution in [2.24, 2.45) is 7.05 Å². The summed E-state index contributed by atoms with van der Waals surface area (Å²) in [6.07, 6.45) is 3.70. The molecule has 1 aromatic heterocycles. The highest BCUT2D eigenvalue weighted by Gasteiger charge is 2.34. The normalized spacial score (nSPS) is 15.6. The minimum Gasteiger partial charge on any atom is -0.506 e. The van der Waals surface area contributed by atoms with Gasteiger partial charge in [0.25, 0.3) is 0 Å². The molecule has 1 N–H and O–H groups in total. The average Bonchev–Trinajstić information content (AvgIpc) is 2.97. The van der Waals surface area contributed by atoms with Crippen LogP contribution < -0.4 is 9.47 Å². The fraction of sp³-hybridized carbons (Fsp3) is 0.0588. The zero-order valence-electron chi connectivity index (χ0n) is 21.1. The molecule has 0 unspecified atom stereocenters. The maximum absolute atomic E-state index is 13.5. The number of carbonyl (C=O) groups excluding carboxylic acids is 1. The van der Waals surface area contributed by atoms with Crippen molar-refractivity contribution in [1.29, 1.82) is 0 Å². The Kier molecular flexibility index (Phi) is 4.85. The molecule has 0 bridgehead atoms.